The van der Waals surface area contributed by atoms with Crippen molar-refractivity contribution in [3.8, 4) is 0 Å². The molecule has 0 saturated heterocycles. The molecule has 2 unspecified atom stereocenters. The fraction of sp³-hybridized carbons (Fsp3) is 0.600. The van der Waals surface area contributed by atoms with Gasteiger partial charge in [-0.2, -0.15) is 0 Å². The second-order valence-electron chi connectivity index (χ2n) is 5.33. The Bertz CT molecular complexity index is 411. The summed E-state index contributed by atoms with van der Waals surface area (Å²) in [5.74, 6) is 2.20. The van der Waals surface area contributed by atoms with Crippen LogP contribution in [0.3, 0.4) is 0 Å². The summed E-state index contributed by atoms with van der Waals surface area (Å²) in [5.41, 5.74) is 1.16. The Kier molecular flexibility index (Phi) is 6.48. The molecule has 0 spiro atoms. The van der Waals surface area contributed by atoms with Gasteiger partial charge in [-0.1, -0.05) is 46.4 Å². The molecule has 2 atom stereocenters. The van der Waals surface area contributed by atoms with Crippen LogP contribution in [0.25, 0.3) is 0 Å². The number of rotatable bonds is 5. The van der Waals surface area contributed by atoms with Crippen molar-refractivity contribution in [2.75, 3.05) is 12.4 Å². The quantitative estimate of drug-likeness (QED) is 0.704. The van der Waals surface area contributed by atoms with E-state index in [4.69, 9.17) is 23.2 Å². The molecule has 1 aliphatic rings. The van der Waals surface area contributed by atoms with Gasteiger partial charge in [0.05, 0.1) is 0 Å². The van der Waals surface area contributed by atoms with E-state index in [0.717, 1.165) is 39.9 Å². The van der Waals surface area contributed by atoms with Crippen LogP contribution in [0.1, 0.15) is 31.2 Å². The smallest absolute Gasteiger partial charge is 0.0462 e. The zero-order chi connectivity index (χ0) is 13.7. The van der Waals surface area contributed by atoms with Crippen molar-refractivity contribution in [1.29, 1.82) is 0 Å². The Morgan fingerprint density at radius 3 is 2.63 bits per heavy atom. The lowest BCUT2D eigenvalue weighted by molar-refractivity contribution is 0.250. The van der Waals surface area contributed by atoms with Crippen LogP contribution >= 0.6 is 39.1 Å². The summed E-state index contributed by atoms with van der Waals surface area (Å²) in [6.45, 7) is 1.88. The van der Waals surface area contributed by atoms with Crippen LogP contribution in [0.5, 0.6) is 0 Å². The lowest BCUT2D eigenvalue weighted by Crippen LogP contribution is -2.31. The summed E-state index contributed by atoms with van der Waals surface area (Å²) < 4.78 is 1.02. The molecule has 0 bridgehead atoms. The van der Waals surface area contributed by atoms with Gasteiger partial charge in [-0.15, -0.1) is 11.6 Å². The highest BCUT2D eigenvalue weighted by Crippen LogP contribution is 2.30. The lowest BCUT2D eigenvalue weighted by atomic mass is 9.80. The van der Waals surface area contributed by atoms with Gasteiger partial charge in [0.2, 0.25) is 0 Å². The highest BCUT2D eigenvalue weighted by atomic mass is 79.9. The van der Waals surface area contributed by atoms with Crippen LogP contribution in [-0.2, 0) is 6.54 Å². The first-order chi connectivity index (χ1) is 9.20. The number of hydrogen-bond donors (Lipinski definition) is 1. The maximum Gasteiger partial charge on any atom is 0.0462 e. The average Bonchev–Trinajstić information content (AvgIpc) is 2.42. The van der Waals surface area contributed by atoms with Crippen LogP contribution in [0.2, 0.25) is 5.02 Å². The predicted octanol–water partition coefficient (Wildman–Crippen LogP) is 5.24. The van der Waals surface area contributed by atoms with Crippen molar-refractivity contribution < 1.29 is 0 Å². The minimum atomic E-state index is 0.684. The molecule has 0 aliphatic heterocycles. The van der Waals surface area contributed by atoms with E-state index < -0.39 is 0 Å². The van der Waals surface area contributed by atoms with Gasteiger partial charge in [0.25, 0.3) is 0 Å². The van der Waals surface area contributed by atoms with Crippen LogP contribution in [0, 0.1) is 11.8 Å². The number of alkyl halides is 1. The molecule has 1 nitrogen and oxygen atoms in total. The fourth-order valence-corrected chi connectivity index (χ4v) is 3.96. The Balaban J connectivity index is 1.82. The third-order valence-corrected chi connectivity index (χ3v) is 5.24. The molecule has 1 fully saturated rings. The SMILES string of the molecule is ClCC1CCCCC1CNCc1ccc(Br)cc1Cl. The summed E-state index contributed by atoms with van der Waals surface area (Å²) in [6, 6.07) is 6.05. The summed E-state index contributed by atoms with van der Waals surface area (Å²) in [5, 5.41) is 4.36. The first-order valence-corrected chi connectivity index (χ1v) is 8.62. The zero-order valence-corrected chi connectivity index (χ0v) is 14.1. The first kappa shape index (κ1) is 15.6. The molecule has 4 heteroatoms. The topological polar surface area (TPSA) is 12.0 Å². The second kappa shape index (κ2) is 7.87. The largest absolute Gasteiger partial charge is 0.312 e. The maximum absolute atomic E-state index is 6.22. The highest BCUT2D eigenvalue weighted by Gasteiger charge is 2.23. The number of benzene rings is 1. The van der Waals surface area contributed by atoms with Gasteiger partial charge in [-0.25, -0.2) is 0 Å². The highest BCUT2D eigenvalue weighted by molar-refractivity contribution is 9.10. The minimum absolute atomic E-state index is 0.684. The van der Waals surface area contributed by atoms with E-state index in [-0.39, 0.29) is 0 Å². The molecule has 0 heterocycles. The molecule has 0 amide bonds. The molecular formula is C15H20BrCl2N. The number of hydrogen-bond acceptors (Lipinski definition) is 1. The minimum Gasteiger partial charge on any atom is -0.312 e. The normalized spacial score (nSPS) is 23.5. The average molecular weight is 365 g/mol. The molecule has 0 radical (unpaired) electrons. The van der Waals surface area contributed by atoms with Gasteiger partial charge in [0.15, 0.2) is 0 Å². The molecule has 0 aromatic heterocycles. The second-order valence-corrected chi connectivity index (χ2v) is 6.96. The van der Waals surface area contributed by atoms with E-state index >= 15 is 0 Å². The Morgan fingerprint density at radius 1 is 1.21 bits per heavy atom. The number of halogens is 3. The third-order valence-electron chi connectivity index (χ3n) is 4.00. The summed E-state index contributed by atoms with van der Waals surface area (Å²) in [6.07, 6.45) is 5.28. The molecule has 106 valence electrons. The van der Waals surface area contributed by atoms with Crippen molar-refractivity contribution in [2.24, 2.45) is 11.8 Å². The van der Waals surface area contributed by atoms with Crippen LogP contribution in [0.15, 0.2) is 22.7 Å². The standard InChI is InChI=1S/C15H20BrCl2N/c16-14-6-5-13(15(18)7-14)10-19-9-12-4-2-1-3-11(12)8-17/h5-7,11-12,19H,1-4,8-10H2. The van der Waals surface area contributed by atoms with E-state index in [1.54, 1.807) is 0 Å². The molecule has 1 aliphatic carbocycles. The predicted molar refractivity (Wildman–Crippen MR) is 87.0 cm³/mol. The summed E-state index contributed by atoms with van der Waals surface area (Å²) in [4.78, 5) is 0. The summed E-state index contributed by atoms with van der Waals surface area (Å²) >= 11 is 15.7. The van der Waals surface area contributed by atoms with Gasteiger partial charge < -0.3 is 5.32 Å². The molecule has 1 N–H and O–H groups in total. The van der Waals surface area contributed by atoms with Crippen LogP contribution in [-0.4, -0.2) is 12.4 Å². The maximum atomic E-state index is 6.22. The van der Waals surface area contributed by atoms with Crippen molar-refractivity contribution in [3.63, 3.8) is 0 Å². The number of nitrogens with one attached hydrogen (secondary N) is 1. The van der Waals surface area contributed by atoms with Crippen molar-refractivity contribution in [2.45, 2.75) is 32.2 Å². The molecule has 2 rings (SSSR count). The monoisotopic (exact) mass is 363 g/mol. The van der Waals surface area contributed by atoms with Crippen molar-refractivity contribution in [1.82, 2.24) is 5.32 Å². The van der Waals surface area contributed by atoms with Crippen LogP contribution in [0.4, 0.5) is 0 Å². The van der Waals surface area contributed by atoms with E-state index in [1.165, 1.54) is 25.7 Å². The van der Waals surface area contributed by atoms with E-state index in [9.17, 15) is 0 Å². The molecule has 1 aromatic carbocycles. The van der Waals surface area contributed by atoms with E-state index in [2.05, 4.69) is 27.3 Å². The van der Waals surface area contributed by atoms with Gasteiger partial charge >= 0.3 is 0 Å². The Labute approximate surface area is 134 Å². The lowest BCUT2D eigenvalue weighted by Gasteiger charge is -2.30. The van der Waals surface area contributed by atoms with Gasteiger partial charge in [-0.05, 0) is 48.9 Å². The molecule has 1 saturated carbocycles. The van der Waals surface area contributed by atoms with Gasteiger partial charge in [0.1, 0.15) is 0 Å². The van der Waals surface area contributed by atoms with E-state index in [1.807, 2.05) is 12.1 Å². The fourth-order valence-electron chi connectivity index (χ4n) is 2.81. The van der Waals surface area contributed by atoms with Crippen molar-refractivity contribution >= 4 is 39.1 Å². The van der Waals surface area contributed by atoms with Gasteiger partial charge in [0, 0.05) is 21.9 Å². The van der Waals surface area contributed by atoms with Gasteiger partial charge in [-0.3, -0.25) is 0 Å². The zero-order valence-electron chi connectivity index (χ0n) is 11.0. The molecule has 1 aromatic rings. The first-order valence-electron chi connectivity index (χ1n) is 6.91. The van der Waals surface area contributed by atoms with Crippen molar-refractivity contribution in [3.05, 3.63) is 33.3 Å². The molecule has 19 heavy (non-hydrogen) atoms. The van der Waals surface area contributed by atoms with E-state index in [0.29, 0.717) is 5.92 Å². The Morgan fingerprint density at radius 2 is 1.95 bits per heavy atom. The van der Waals surface area contributed by atoms with Crippen LogP contribution < -0.4 is 5.32 Å². The molecular weight excluding hydrogens is 345 g/mol. The Hall–Kier alpha value is 0.240. The third kappa shape index (κ3) is 4.63. The summed E-state index contributed by atoms with van der Waals surface area (Å²) in [7, 11) is 0.